The zero-order chi connectivity index (χ0) is 19.5. The first-order valence-corrected chi connectivity index (χ1v) is 10.8. The van der Waals surface area contributed by atoms with Crippen molar-refractivity contribution in [2.75, 3.05) is 38.3 Å². The monoisotopic (exact) mass is 374 g/mol. The lowest BCUT2D eigenvalue weighted by Crippen LogP contribution is -2.60. The number of likely N-dealkylation sites (tertiary alicyclic amines) is 1. The van der Waals surface area contributed by atoms with E-state index in [0.717, 1.165) is 31.6 Å². The van der Waals surface area contributed by atoms with E-state index in [1.807, 2.05) is 42.2 Å². The lowest BCUT2D eigenvalue weighted by molar-refractivity contribution is -0.120. The van der Waals surface area contributed by atoms with Gasteiger partial charge >= 0.3 is 0 Å². The molecule has 0 radical (unpaired) electrons. The third-order valence-corrected chi connectivity index (χ3v) is 5.82. The maximum atomic E-state index is 12.9. The van der Waals surface area contributed by atoms with E-state index in [1.54, 1.807) is 7.11 Å². The summed E-state index contributed by atoms with van der Waals surface area (Å²) < 4.78 is 5.63. The predicted octanol–water partition coefficient (Wildman–Crippen LogP) is 4.88. The fourth-order valence-electron chi connectivity index (χ4n) is 4.25. The van der Waals surface area contributed by atoms with Crippen LogP contribution >= 0.6 is 0 Å². The van der Waals surface area contributed by atoms with E-state index < -0.39 is 0 Å². The third kappa shape index (κ3) is 6.05. The lowest BCUT2D eigenvalue weighted by atomic mass is 9.85. The van der Waals surface area contributed by atoms with Gasteiger partial charge in [-0.1, -0.05) is 57.7 Å². The van der Waals surface area contributed by atoms with E-state index in [0.29, 0.717) is 13.0 Å². The van der Waals surface area contributed by atoms with Gasteiger partial charge in [0.2, 0.25) is 5.91 Å². The molecular weight excluding hydrogens is 336 g/mol. The molecule has 0 N–H and O–H groups in total. The summed E-state index contributed by atoms with van der Waals surface area (Å²) in [5, 5.41) is 0. The summed E-state index contributed by atoms with van der Waals surface area (Å²) >= 11 is 0. The number of methoxy groups -OCH3 is 1. The van der Waals surface area contributed by atoms with Gasteiger partial charge in [0.25, 0.3) is 0 Å². The molecule has 0 bridgehead atoms. The molecule has 2 rings (SSSR count). The Morgan fingerprint density at radius 1 is 1.07 bits per heavy atom. The molecule has 1 aliphatic rings. The summed E-state index contributed by atoms with van der Waals surface area (Å²) in [6.07, 6.45) is 9.07. The molecule has 0 saturated carbocycles. The van der Waals surface area contributed by atoms with Crippen LogP contribution in [0.1, 0.15) is 65.2 Å². The van der Waals surface area contributed by atoms with Gasteiger partial charge in [-0.15, -0.1) is 0 Å². The minimum Gasteiger partial charge on any atom is -0.382 e. The van der Waals surface area contributed by atoms with Gasteiger partial charge in [-0.2, -0.15) is 0 Å². The number of piperidine rings is 1. The van der Waals surface area contributed by atoms with E-state index in [2.05, 4.69) is 11.8 Å². The van der Waals surface area contributed by atoms with Crippen molar-refractivity contribution in [3.63, 3.8) is 0 Å². The van der Waals surface area contributed by atoms with E-state index in [4.69, 9.17) is 4.74 Å². The Morgan fingerprint density at radius 3 is 2.33 bits per heavy atom. The minimum absolute atomic E-state index is 0.186. The fourth-order valence-corrected chi connectivity index (χ4v) is 4.25. The number of anilines is 1. The number of para-hydroxylation sites is 1. The predicted molar refractivity (Wildman–Crippen MR) is 113 cm³/mol. The molecule has 1 aromatic carbocycles. The van der Waals surface area contributed by atoms with Crippen molar-refractivity contribution in [2.45, 2.75) is 70.8 Å². The molecule has 27 heavy (non-hydrogen) atoms. The first-order valence-electron chi connectivity index (χ1n) is 10.8. The molecule has 1 amide bonds. The maximum Gasteiger partial charge on any atom is 0.227 e. The Morgan fingerprint density at radius 2 is 1.74 bits per heavy atom. The number of rotatable bonds is 11. The van der Waals surface area contributed by atoms with E-state index >= 15 is 0 Å². The van der Waals surface area contributed by atoms with Gasteiger partial charge in [0.1, 0.15) is 0 Å². The highest BCUT2D eigenvalue weighted by molar-refractivity contribution is 5.94. The Bertz CT molecular complexity index is 539. The number of benzene rings is 1. The highest BCUT2D eigenvalue weighted by atomic mass is 16.5. The molecular formula is C23H38N2O2. The van der Waals surface area contributed by atoms with Crippen molar-refractivity contribution in [3.05, 3.63) is 30.3 Å². The van der Waals surface area contributed by atoms with Gasteiger partial charge in [0, 0.05) is 32.3 Å². The van der Waals surface area contributed by atoms with Gasteiger partial charge in [-0.3, -0.25) is 4.79 Å². The molecule has 4 heteroatoms. The fraction of sp³-hybridized carbons (Fsp3) is 0.696. The van der Waals surface area contributed by atoms with E-state index in [1.165, 1.54) is 38.6 Å². The van der Waals surface area contributed by atoms with Gasteiger partial charge in [-0.25, -0.2) is 0 Å². The molecule has 1 heterocycles. The average Bonchev–Trinajstić information content (AvgIpc) is 2.70. The summed E-state index contributed by atoms with van der Waals surface area (Å²) in [5.74, 6) is 0.186. The van der Waals surface area contributed by atoms with E-state index in [9.17, 15) is 4.79 Å². The number of hydrogen-bond acceptors (Lipinski definition) is 3. The van der Waals surface area contributed by atoms with Gasteiger partial charge in [0.15, 0.2) is 0 Å². The van der Waals surface area contributed by atoms with Gasteiger partial charge in [0.05, 0.1) is 12.1 Å². The number of unbranched alkanes of at least 4 members (excludes halogenated alkanes) is 4. The van der Waals surface area contributed by atoms with Crippen LogP contribution in [0.25, 0.3) is 0 Å². The molecule has 1 saturated heterocycles. The van der Waals surface area contributed by atoms with Crippen LogP contribution < -0.4 is 4.90 Å². The third-order valence-electron chi connectivity index (χ3n) is 5.82. The van der Waals surface area contributed by atoms with Crippen molar-refractivity contribution in [1.29, 1.82) is 0 Å². The Balaban J connectivity index is 2.05. The molecule has 1 fully saturated rings. The Labute approximate surface area is 165 Å². The molecule has 0 spiro atoms. The summed E-state index contributed by atoms with van der Waals surface area (Å²) in [5.41, 5.74) is 0.761. The lowest BCUT2D eigenvalue weighted by Gasteiger charge is -2.48. The maximum absolute atomic E-state index is 12.9. The first kappa shape index (κ1) is 21.9. The molecule has 0 atom stereocenters. The summed E-state index contributed by atoms with van der Waals surface area (Å²) in [6.45, 7) is 8.06. The van der Waals surface area contributed by atoms with Crippen LogP contribution in [0.5, 0.6) is 0 Å². The molecule has 0 aliphatic carbocycles. The summed E-state index contributed by atoms with van der Waals surface area (Å²) in [6, 6.07) is 10.1. The van der Waals surface area contributed by atoms with Crippen molar-refractivity contribution in [1.82, 2.24) is 4.90 Å². The Kier molecular flexibility index (Phi) is 9.29. The SMILES string of the molecule is CCCCCCCN1CCC(COC)(N(C(=O)CC)c2ccccc2)CC1. The topological polar surface area (TPSA) is 32.8 Å². The zero-order valence-corrected chi connectivity index (χ0v) is 17.6. The highest BCUT2D eigenvalue weighted by Crippen LogP contribution is 2.34. The second-order valence-corrected chi connectivity index (χ2v) is 7.83. The highest BCUT2D eigenvalue weighted by Gasteiger charge is 2.42. The second kappa shape index (κ2) is 11.5. The van der Waals surface area contributed by atoms with Gasteiger partial charge < -0.3 is 14.5 Å². The van der Waals surface area contributed by atoms with E-state index in [-0.39, 0.29) is 11.4 Å². The summed E-state index contributed by atoms with van der Waals surface area (Å²) in [4.78, 5) is 17.5. The Hall–Kier alpha value is -1.39. The van der Waals surface area contributed by atoms with Crippen molar-refractivity contribution in [3.8, 4) is 0 Å². The quantitative estimate of drug-likeness (QED) is 0.518. The number of carbonyl (C=O) groups is 1. The number of hydrogen-bond donors (Lipinski definition) is 0. The van der Waals surface area contributed by atoms with Crippen molar-refractivity contribution in [2.24, 2.45) is 0 Å². The van der Waals surface area contributed by atoms with Crippen LogP contribution in [0.3, 0.4) is 0 Å². The van der Waals surface area contributed by atoms with Crippen LogP contribution in [-0.4, -0.2) is 49.7 Å². The number of nitrogens with zero attached hydrogens (tertiary/aromatic N) is 2. The number of ether oxygens (including phenoxy) is 1. The van der Waals surface area contributed by atoms with Crippen LogP contribution in [0.4, 0.5) is 5.69 Å². The number of amides is 1. The number of carbonyl (C=O) groups excluding carboxylic acids is 1. The zero-order valence-electron chi connectivity index (χ0n) is 17.6. The molecule has 1 aliphatic heterocycles. The van der Waals surface area contributed by atoms with Crippen LogP contribution in [0.15, 0.2) is 30.3 Å². The average molecular weight is 375 g/mol. The van der Waals surface area contributed by atoms with Gasteiger partial charge in [-0.05, 0) is 37.9 Å². The standard InChI is InChI=1S/C23H38N2O2/c1-4-6-7-8-12-17-24-18-15-23(16-19-24,20-27-3)25(22(26)5-2)21-13-10-9-11-14-21/h9-11,13-14H,4-8,12,15-20H2,1-3H3. The minimum atomic E-state index is -0.234. The molecule has 0 aromatic heterocycles. The largest absolute Gasteiger partial charge is 0.382 e. The van der Waals surface area contributed by atoms with Crippen molar-refractivity contribution < 1.29 is 9.53 Å². The van der Waals surface area contributed by atoms with Crippen LogP contribution in [0, 0.1) is 0 Å². The van der Waals surface area contributed by atoms with Crippen LogP contribution in [0.2, 0.25) is 0 Å². The molecule has 0 unspecified atom stereocenters. The molecule has 4 nitrogen and oxygen atoms in total. The summed E-state index contributed by atoms with van der Waals surface area (Å²) in [7, 11) is 1.75. The first-order chi connectivity index (χ1) is 13.2. The smallest absolute Gasteiger partial charge is 0.227 e. The van der Waals surface area contributed by atoms with Crippen LogP contribution in [-0.2, 0) is 9.53 Å². The van der Waals surface area contributed by atoms with Crippen molar-refractivity contribution >= 4 is 11.6 Å². The second-order valence-electron chi connectivity index (χ2n) is 7.83. The normalized spacial score (nSPS) is 17.0. The molecule has 152 valence electrons. The molecule has 1 aromatic rings.